The molecule has 2 N–H and O–H groups in total. The van der Waals surface area contributed by atoms with Crippen LogP contribution < -0.4 is 4.72 Å². The molecule has 0 unspecified atom stereocenters. The fraction of sp³-hybridized carbons (Fsp3) is 0. The van der Waals surface area contributed by atoms with Crippen LogP contribution >= 0.6 is 15.9 Å². The van der Waals surface area contributed by atoms with Gasteiger partial charge in [-0.1, -0.05) is 12.1 Å². The SMILES string of the molecule is O=[N+]([O-])c1cccc(S(=O)(=O)Nc2cccc(Br)c2O)c1. The van der Waals surface area contributed by atoms with E-state index >= 15 is 0 Å². The minimum Gasteiger partial charge on any atom is -0.505 e. The van der Waals surface area contributed by atoms with Crippen LogP contribution in [-0.2, 0) is 10.0 Å². The molecule has 0 bridgehead atoms. The first kappa shape index (κ1) is 15.3. The van der Waals surface area contributed by atoms with Crippen LogP contribution in [0.5, 0.6) is 5.75 Å². The van der Waals surface area contributed by atoms with Crippen molar-refractivity contribution in [2.75, 3.05) is 4.72 Å². The number of aromatic hydroxyl groups is 1. The van der Waals surface area contributed by atoms with E-state index in [1.165, 1.54) is 30.3 Å². The number of hydrogen-bond donors (Lipinski definition) is 2. The molecule has 0 atom stereocenters. The minimum absolute atomic E-state index is 0.0316. The number of nitro groups is 1. The van der Waals surface area contributed by atoms with E-state index in [4.69, 9.17) is 0 Å². The Hall–Kier alpha value is -2.13. The van der Waals surface area contributed by atoms with Gasteiger partial charge in [0.2, 0.25) is 0 Å². The van der Waals surface area contributed by atoms with E-state index < -0.39 is 14.9 Å². The summed E-state index contributed by atoms with van der Waals surface area (Å²) in [5.41, 5.74) is -0.368. The zero-order valence-corrected chi connectivity index (χ0v) is 12.8. The molecule has 0 fully saturated rings. The van der Waals surface area contributed by atoms with E-state index in [0.29, 0.717) is 4.47 Å². The van der Waals surface area contributed by atoms with Crippen LogP contribution in [0.3, 0.4) is 0 Å². The largest absolute Gasteiger partial charge is 0.505 e. The first-order valence-electron chi connectivity index (χ1n) is 5.56. The highest BCUT2D eigenvalue weighted by Crippen LogP contribution is 2.33. The van der Waals surface area contributed by atoms with E-state index in [2.05, 4.69) is 20.7 Å². The minimum atomic E-state index is -4.04. The second-order valence-corrected chi connectivity index (χ2v) is 6.53. The number of nitrogens with one attached hydrogen (secondary N) is 1. The van der Waals surface area contributed by atoms with Crippen molar-refractivity contribution in [3.05, 3.63) is 57.1 Å². The first-order chi connectivity index (χ1) is 9.81. The average molecular weight is 373 g/mol. The van der Waals surface area contributed by atoms with Gasteiger partial charge in [0.25, 0.3) is 15.7 Å². The topological polar surface area (TPSA) is 110 Å². The maximum absolute atomic E-state index is 12.2. The summed E-state index contributed by atoms with van der Waals surface area (Å²) in [6.45, 7) is 0. The fourth-order valence-electron chi connectivity index (χ4n) is 1.57. The molecule has 0 saturated heterocycles. The number of nitrogens with zero attached hydrogens (tertiary/aromatic N) is 1. The molecule has 0 radical (unpaired) electrons. The number of halogens is 1. The Morgan fingerprint density at radius 3 is 2.52 bits per heavy atom. The maximum Gasteiger partial charge on any atom is 0.270 e. The lowest BCUT2D eigenvalue weighted by Crippen LogP contribution is -2.13. The van der Waals surface area contributed by atoms with Gasteiger partial charge in [-0.3, -0.25) is 14.8 Å². The number of benzene rings is 2. The number of nitro benzene ring substituents is 1. The zero-order chi connectivity index (χ0) is 15.6. The number of rotatable bonds is 4. The van der Waals surface area contributed by atoms with Gasteiger partial charge in [0.15, 0.2) is 5.75 Å². The quantitative estimate of drug-likeness (QED) is 0.487. The summed E-state index contributed by atoms with van der Waals surface area (Å²) >= 11 is 3.07. The van der Waals surface area contributed by atoms with Crippen molar-refractivity contribution >= 4 is 37.3 Å². The van der Waals surface area contributed by atoms with Crippen LogP contribution in [0.4, 0.5) is 11.4 Å². The predicted molar refractivity (Wildman–Crippen MR) is 79.7 cm³/mol. The molecule has 0 heterocycles. The van der Waals surface area contributed by atoms with E-state index in [-0.39, 0.29) is 22.0 Å². The van der Waals surface area contributed by atoms with E-state index in [9.17, 15) is 23.6 Å². The van der Waals surface area contributed by atoms with Gasteiger partial charge < -0.3 is 5.11 Å². The number of anilines is 1. The van der Waals surface area contributed by atoms with Gasteiger partial charge in [-0.15, -0.1) is 0 Å². The molecule has 0 saturated carbocycles. The highest BCUT2D eigenvalue weighted by Gasteiger charge is 2.19. The maximum atomic E-state index is 12.2. The van der Waals surface area contributed by atoms with Crippen molar-refractivity contribution in [1.82, 2.24) is 0 Å². The van der Waals surface area contributed by atoms with Crippen LogP contribution in [0.15, 0.2) is 51.8 Å². The molecule has 2 aromatic carbocycles. The number of sulfonamides is 1. The Morgan fingerprint density at radius 1 is 1.19 bits per heavy atom. The average Bonchev–Trinajstić information content (AvgIpc) is 2.44. The monoisotopic (exact) mass is 372 g/mol. The standard InChI is InChI=1S/C12H9BrN2O5S/c13-10-5-2-6-11(12(10)16)14-21(19,20)9-4-1-3-8(7-9)15(17)18/h1-7,14,16H. The van der Waals surface area contributed by atoms with Gasteiger partial charge in [0.05, 0.1) is 20.0 Å². The number of phenols is 1. The van der Waals surface area contributed by atoms with Gasteiger partial charge in [-0.2, -0.15) is 0 Å². The van der Waals surface area contributed by atoms with Crippen molar-refractivity contribution in [2.24, 2.45) is 0 Å². The molecule has 0 amide bonds. The smallest absolute Gasteiger partial charge is 0.270 e. The number of phenolic OH excluding ortho intramolecular Hbond substituents is 1. The molecule has 0 aliphatic rings. The lowest BCUT2D eigenvalue weighted by Gasteiger charge is -2.10. The van der Waals surface area contributed by atoms with Crippen molar-refractivity contribution in [3.63, 3.8) is 0 Å². The summed E-state index contributed by atoms with van der Waals surface area (Å²) in [7, 11) is -4.04. The van der Waals surface area contributed by atoms with Crippen LogP contribution in [-0.4, -0.2) is 18.4 Å². The summed E-state index contributed by atoms with van der Waals surface area (Å²) in [5.74, 6) is -0.272. The molecule has 110 valence electrons. The van der Waals surface area contributed by atoms with Crippen LogP contribution in [0.25, 0.3) is 0 Å². The Balaban J connectivity index is 2.41. The summed E-state index contributed by atoms with van der Waals surface area (Å²) in [4.78, 5) is 9.73. The molecule has 0 aliphatic heterocycles. The summed E-state index contributed by atoms with van der Waals surface area (Å²) < 4.78 is 26.9. The highest BCUT2D eigenvalue weighted by atomic mass is 79.9. The molecular weight excluding hydrogens is 364 g/mol. The van der Waals surface area contributed by atoms with Gasteiger partial charge in [0, 0.05) is 12.1 Å². The Morgan fingerprint density at radius 2 is 1.86 bits per heavy atom. The lowest BCUT2D eigenvalue weighted by atomic mass is 10.3. The first-order valence-corrected chi connectivity index (χ1v) is 7.83. The van der Waals surface area contributed by atoms with Gasteiger partial charge in [0.1, 0.15) is 0 Å². The van der Waals surface area contributed by atoms with Crippen LogP contribution in [0, 0.1) is 10.1 Å². The number of hydrogen-bond acceptors (Lipinski definition) is 5. The molecule has 21 heavy (non-hydrogen) atoms. The fourth-order valence-corrected chi connectivity index (χ4v) is 3.04. The van der Waals surface area contributed by atoms with Crippen molar-refractivity contribution < 1.29 is 18.4 Å². The molecule has 7 nitrogen and oxygen atoms in total. The zero-order valence-electron chi connectivity index (χ0n) is 10.4. The van der Waals surface area contributed by atoms with Gasteiger partial charge in [-0.25, -0.2) is 8.42 Å². The number of para-hydroxylation sites is 1. The molecular formula is C12H9BrN2O5S. The van der Waals surface area contributed by atoms with Gasteiger partial charge >= 0.3 is 0 Å². The molecule has 0 aliphatic carbocycles. The van der Waals surface area contributed by atoms with Gasteiger partial charge in [-0.05, 0) is 34.1 Å². The van der Waals surface area contributed by atoms with Crippen LogP contribution in [0.2, 0.25) is 0 Å². The molecule has 2 aromatic rings. The normalized spacial score (nSPS) is 11.1. The lowest BCUT2D eigenvalue weighted by molar-refractivity contribution is -0.385. The van der Waals surface area contributed by atoms with E-state index in [0.717, 1.165) is 6.07 Å². The second-order valence-electron chi connectivity index (χ2n) is 4.00. The molecule has 0 spiro atoms. The van der Waals surface area contributed by atoms with Crippen LogP contribution in [0.1, 0.15) is 0 Å². The second kappa shape index (κ2) is 5.70. The number of non-ortho nitro benzene ring substituents is 1. The van der Waals surface area contributed by atoms with E-state index in [1.54, 1.807) is 6.07 Å². The van der Waals surface area contributed by atoms with Crippen molar-refractivity contribution in [1.29, 1.82) is 0 Å². The predicted octanol–water partition coefficient (Wildman–Crippen LogP) is 2.86. The molecule has 0 aromatic heterocycles. The van der Waals surface area contributed by atoms with Crippen molar-refractivity contribution in [3.8, 4) is 5.75 Å². The van der Waals surface area contributed by atoms with Crippen molar-refractivity contribution in [2.45, 2.75) is 4.90 Å². The Bertz CT molecular complexity index is 807. The van der Waals surface area contributed by atoms with E-state index in [1.807, 2.05) is 0 Å². The summed E-state index contributed by atoms with van der Waals surface area (Å²) in [6.07, 6.45) is 0. The highest BCUT2D eigenvalue weighted by molar-refractivity contribution is 9.10. The summed E-state index contributed by atoms with van der Waals surface area (Å²) in [5, 5.41) is 20.4. The Kier molecular flexibility index (Phi) is 4.14. The third-order valence-corrected chi connectivity index (χ3v) is 4.57. The summed E-state index contributed by atoms with van der Waals surface area (Å²) in [6, 6.07) is 9.08. The third-order valence-electron chi connectivity index (χ3n) is 2.57. The molecule has 9 heteroatoms. The third kappa shape index (κ3) is 3.31. The Labute approximate surface area is 128 Å². The molecule has 2 rings (SSSR count).